The van der Waals surface area contributed by atoms with E-state index in [1.54, 1.807) is 0 Å². The van der Waals surface area contributed by atoms with E-state index in [-0.39, 0.29) is 29.5 Å². The lowest BCUT2D eigenvalue weighted by Gasteiger charge is -2.36. The maximum Gasteiger partial charge on any atom is 0.489 e. The van der Waals surface area contributed by atoms with E-state index in [4.69, 9.17) is 18.2 Å². The van der Waals surface area contributed by atoms with Crippen LogP contribution in [0.25, 0.3) is 0 Å². The molecule has 0 bridgehead atoms. The van der Waals surface area contributed by atoms with Crippen molar-refractivity contribution < 1.29 is 18.2 Å². The van der Waals surface area contributed by atoms with E-state index < -0.39 is 16.6 Å². The van der Waals surface area contributed by atoms with Gasteiger partial charge in [0.1, 0.15) is 0 Å². The van der Waals surface area contributed by atoms with E-state index in [1.807, 2.05) is 0 Å². The smallest absolute Gasteiger partial charge is 0.417 e. The minimum Gasteiger partial charge on any atom is -0.417 e. The summed E-state index contributed by atoms with van der Waals surface area (Å²) in [6, 6.07) is 0. The summed E-state index contributed by atoms with van der Waals surface area (Å²) in [6.07, 6.45) is 2.09. The summed E-state index contributed by atoms with van der Waals surface area (Å²) in [5, 5.41) is 0.234. The quantitative estimate of drug-likeness (QED) is 0.301. The van der Waals surface area contributed by atoms with Gasteiger partial charge in [-0.15, -0.1) is 0 Å². The van der Waals surface area contributed by atoms with Gasteiger partial charge < -0.3 is 18.2 Å². The van der Waals surface area contributed by atoms with Crippen molar-refractivity contribution >= 4 is 23.8 Å². The van der Waals surface area contributed by atoms with Gasteiger partial charge in [-0.1, -0.05) is 26.5 Å². The molecular formula is C22H47BO4Si2. The van der Waals surface area contributed by atoms with Crippen molar-refractivity contribution in [3.8, 4) is 0 Å². The molecule has 1 saturated heterocycles. The Morgan fingerprint density at radius 2 is 1.48 bits per heavy atom. The van der Waals surface area contributed by atoms with Gasteiger partial charge in [-0.05, 0) is 91.1 Å². The monoisotopic (exact) mass is 442 g/mol. The molecule has 0 aromatic carbocycles. The molecule has 4 nitrogen and oxygen atoms in total. The summed E-state index contributed by atoms with van der Waals surface area (Å²) in [5.41, 5.74) is 2.87. The lowest BCUT2D eigenvalue weighted by atomic mass is 9.77. The van der Waals surface area contributed by atoms with E-state index in [2.05, 4.69) is 94.2 Å². The Bertz CT molecular complexity index is 562. The molecule has 7 heteroatoms. The average Bonchev–Trinajstić information content (AvgIpc) is 2.68. The van der Waals surface area contributed by atoms with Crippen LogP contribution in [0.15, 0.2) is 11.2 Å². The van der Waals surface area contributed by atoms with E-state index in [0.717, 1.165) is 19.4 Å². The molecule has 0 unspecified atom stereocenters. The summed E-state index contributed by atoms with van der Waals surface area (Å²) in [5.74, 6) is 0. The lowest BCUT2D eigenvalue weighted by Crippen LogP contribution is -2.41. The Morgan fingerprint density at radius 1 is 1.00 bits per heavy atom. The van der Waals surface area contributed by atoms with Gasteiger partial charge in [-0.3, -0.25) is 0 Å². The molecule has 0 N–H and O–H groups in total. The normalized spacial score (nSPS) is 20.6. The Labute approximate surface area is 183 Å². The molecule has 0 atom stereocenters. The number of allylic oxidation sites excluding steroid dienone is 1. The molecule has 1 heterocycles. The van der Waals surface area contributed by atoms with Gasteiger partial charge in [0.05, 0.1) is 11.2 Å². The minimum atomic E-state index is -1.97. The molecule has 1 aliphatic rings. The highest BCUT2D eigenvalue weighted by atomic mass is 28.4. The SMILES string of the molecule is CC(C)O[Si](C)(C)/C=C(/CCCO[Si](C)(C)C(C)(C)C)B1OC(C)(C)C(C)(C)O1. The van der Waals surface area contributed by atoms with Crippen LogP contribution < -0.4 is 0 Å². The summed E-state index contributed by atoms with van der Waals surface area (Å²) < 4.78 is 25.4. The molecule has 0 amide bonds. The fraction of sp³-hybridized carbons (Fsp3) is 0.909. The second-order valence-corrected chi connectivity index (χ2v) is 20.3. The molecule has 0 aromatic heterocycles. The first kappa shape index (κ1) is 27.1. The van der Waals surface area contributed by atoms with Gasteiger partial charge in [0.25, 0.3) is 0 Å². The summed E-state index contributed by atoms with van der Waals surface area (Å²) in [6.45, 7) is 29.4. The first-order valence-electron chi connectivity index (χ1n) is 11.2. The number of rotatable bonds is 9. The third-order valence-electron chi connectivity index (χ3n) is 6.51. The van der Waals surface area contributed by atoms with Crippen molar-refractivity contribution in [3.63, 3.8) is 0 Å². The molecule has 170 valence electrons. The van der Waals surface area contributed by atoms with Crippen LogP contribution in [0.1, 0.15) is 75.2 Å². The molecule has 1 rings (SSSR count). The summed E-state index contributed by atoms with van der Waals surface area (Å²) in [7, 11) is -4.00. The third-order valence-corrected chi connectivity index (χ3v) is 13.2. The fourth-order valence-electron chi connectivity index (χ4n) is 3.16. The molecule has 1 fully saturated rings. The second-order valence-electron chi connectivity index (χ2n) is 11.8. The zero-order valence-corrected chi connectivity index (χ0v) is 23.5. The van der Waals surface area contributed by atoms with Gasteiger partial charge in [-0.2, -0.15) is 0 Å². The van der Waals surface area contributed by atoms with Gasteiger partial charge in [0.15, 0.2) is 8.32 Å². The fourth-order valence-corrected chi connectivity index (χ4v) is 6.70. The molecule has 1 aliphatic heterocycles. The standard InChI is InChI=1S/C22H47BO4Si2/c1-18(2)25-28(10,11)17-19(23-26-21(6,7)22(8,9)27-23)15-14-16-24-29(12,13)20(3,4)5/h17-18H,14-16H2,1-13H3/b19-17-. The van der Waals surface area contributed by atoms with Crippen molar-refractivity contribution in [2.24, 2.45) is 0 Å². The van der Waals surface area contributed by atoms with Gasteiger partial charge in [-0.25, -0.2) is 0 Å². The first-order valence-corrected chi connectivity index (χ1v) is 17.1. The van der Waals surface area contributed by atoms with Crippen LogP contribution in [-0.2, 0) is 18.2 Å². The number of hydrogen-bond donors (Lipinski definition) is 0. The molecule has 0 saturated carbocycles. The molecule has 0 spiro atoms. The Balaban J connectivity index is 2.93. The van der Waals surface area contributed by atoms with Crippen LogP contribution in [0.4, 0.5) is 0 Å². The van der Waals surface area contributed by atoms with Gasteiger partial charge in [0, 0.05) is 12.7 Å². The highest BCUT2D eigenvalue weighted by Crippen LogP contribution is 2.40. The molecule has 29 heavy (non-hydrogen) atoms. The van der Waals surface area contributed by atoms with E-state index in [9.17, 15) is 0 Å². The second kappa shape index (κ2) is 9.29. The van der Waals surface area contributed by atoms with Crippen molar-refractivity contribution in [3.05, 3.63) is 11.2 Å². The molecule has 0 radical (unpaired) electrons. The van der Waals surface area contributed by atoms with Gasteiger partial charge >= 0.3 is 7.12 Å². The van der Waals surface area contributed by atoms with Crippen molar-refractivity contribution in [2.75, 3.05) is 6.61 Å². The third kappa shape index (κ3) is 7.61. The predicted octanol–water partition coefficient (Wildman–Crippen LogP) is 6.52. The number of hydrogen-bond acceptors (Lipinski definition) is 4. The van der Waals surface area contributed by atoms with E-state index >= 15 is 0 Å². The van der Waals surface area contributed by atoms with E-state index in [1.165, 1.54) is 5.47 Å². The van der Waals surface area contributed by atoms with Gasteiger partial charge in [0.2, 0.25) is 8.32 Å². The average molecular weight is 443 g/mol. The zero-order chi connectivity index (χ0) is 22.9. The van der Waals surface area contributed by atoms with Crippen LogP contribution in [0, 0.1) is 0 Å². The maximum absolute atomic E-state index is 6.39. The Hall–Kier alpha value is 0.0787. The van der Waals surface area contributed by atoms with Crippen LogP contribution >= 0.6 is 0 Å². The van der Waals surface area contributed by atoms with Crippen LogP contribution in [0.3, 0.4) is 0 Å². The zero-order valence-electron chi connectivity index (χ0n) is 21.5. The predicted molar refractivity (Wildman–Crippen MR) is 130 cm³/mol. The lowest BCUT2D eigenvalue weighted by molar-refractivity contribution is 0.00578. The van der Waals surface area contributed by atoms with Crippen molar-refractivity contribution in [2.45, 2.75) is 124 Å². The largest absolute Gasteiger partial charge is 0.489 e. The van der Waals surface area contributed by atoms with Crippen LogP contribution in [0.2, 0.25) is 31.2 Å². The minimum absolute atomic E-state index is 0.217. The topological polar surface area (TPSA) is 36.9 Å². The molecular weight excluding hydrogens is 395 g/mol. The summed E-state index contributed by atoms with van der Waals surface area (Å²) in [4.78, 5) is 0. The van der Waals surface area contributed by atoms with Crippen LogP contribution in [-0.4, -0.2) is 47.7 Å². The van der Waals surface area contributed by atoms with Crippen molar-refractivity contribution in [1.29, 1.82) is 0 Å². The molecule has 0 aliphatic carbocycles. The maximum atomic E-state index is 6.39. The highest BCUT2D eigenvalue weighted by molar-refractivity contribution is 6.78. The van der Waals surface area contributed by atoms with Crippen molar-refractivity contribution in [1.82, 2.24) is 0 Å². The Morgan fingerprint density at radius 3 is 1.90 bits per heavy atom. The van der Waals surface area contributed by atoms with Crippen LogP contribution in [0.5, 0.6) is 0 Å². The Kier molecular flexibility index (Phi) is 8.68. The first-order chi connectivity index (χ1) is 12.8. The highest BCUT2D eigenvalue weighted by Gasteiger charge is 2.52. The van der Waals surface area contributed by atoms with E-state index in [0.29, 0.717) is 0 Å². The summed E-state index contributed by atoms with van der Waals surface area (Å²) >= 11 is 0. The molecule has 0 aromatic rings.